The summed E-state index contributed by atoms with van der Waals surface area (Å²) in [6.07, 6.45) is 2.26. The smallest absolute Gasteiger partial charge is 0.259 e. The van der Waals surface area contributed by atoms with E-state index in [9.17, 15) is 13.6 Å². The van der Waals surface area contributed by atoms with E-state index in [2.05, 4.69) is 0 Å². The molecule has 0 saturated heterocycles. The molecule has 1 aliphatic rings. The second kappa shape index (κ2) is 5.89. The average Bonchev–Trinajstić information content (AvgIpc) is 2.91. The zero-order chi connectivity index (χ0) is 15.9. The third-order valence-electron chi connectivity index (χ3n) is 3.66. The fourth-order valence-electron chi connectivity index (χ4n) is 2.57. The summed E-state index contributed by atoms with van der Waals surface area (Å²) in [5.41, 5.74) is 0.992. The van der Waals surface area contributed by atoms with Crippen LogP contribution in [0.2, 0.25) is 5.02 Å². The molecule has 3 rings (SSSR count). The molecule has 2 nitrogen and oxygen atoms in total. The molecule has 0 N–H and O–H groups in total. The van der Waals surface area contributed by atoms with E-state index in [-0.39, 0.29) is 11.6 Å². The number of carbonyl (C=O) groups excluding carboxylic acids is 1. The van der Waals surface area contributed by atoms with Crippen LogP contribution in [0, 0.1) is 11.6 Å². The first-order valence-corrected chi connectivity index (χ1v) is 8.25. The highest BCUT2D eigenvalue weighted by Gasteiger charge is 2.29. The number of fused-ring (bicyclic) bond motifs is 1. The van der Waals surface area contributed by atoms with Crippen LogP contribution in [0.5, 0.6) is 0 Å². The third kappa shape index (κ3) is 2.59. The summed E-state index contributed by atoms with van der Waals surface area (Å²) >= 11 is 7.60. The predicted molar refractivity (Wildman–Crippen MR) is 85.0 cm³/mol. The quantitative estimate of drug-likeness (QED) is 0.748. The van der Waals surface area contributed by atoms with Crippen molar-refractivity contribution >= 4 is 35.0 Å². The number of halogens is 3. The Bertz CT molecular complexity index is 766. The molecule has 0 saturated carbocycles. The van der Waals surface area contributed by atoms with Crippen LogP contribution in [0.25, 0.3) is 0 Å². The van der Waals surface area contributed by atoms with Crippen LogP contribution in [0.15, 0.2) is 35.2 Å². The number of hydrogen-bond donors (Lipinski definition) is 0. The van der Waals surface area contributed by atoms with Gasteiger partial charge in [-0.2, -0.15) is 0 Å². The molecule has 0 aromatic heterocycles. The van der Waals surface area contributed by atoms with Crippen molar-refractivity contribution in [2.75, 3.05) is 17.7 Å². The van der Waals surface area contributed by atoms with Crippen LogP contribution in [0.4, 0.5) is 14.5 Å². The lowest BCUT2D eigenvalue weighted by molar-refractivity contribution is 0.0989. The molecule has 0 aliphatic carbocycles. The fraction of sp³-hybridized carbons (Fsp3) is 0.188. The first-order valence-electron chi connectivity index (χ1n) is 6.64. The molecule has 1 aliphatic heterocycles. The van der Waals surface area contributed by atoms with Crippen molar-refractivity contribution < 1.29 is 13.6 Å². The van der Waals surface area contributed by atoms with Gasteiger partial charge in [0.25, 0.3) is 5.91 Å². The largest absolute Gasteiger partial charge is 0.307 e. The highest BCUT2D eigenvalue weighted by atomic mass is 35.5. The van der Waals surface area contributed by atoms with Gasteiger partial charge in [0, 0.05) is 23.1 Å². The zero-order valence-electron chi connectivity index (χ0n) is 11.7. The maximum absolute atomic E-state index is 13.8. The van der Waals surface area contributed by atoms with Gasteiger partial charge in [0.05, 0.1) is 16.3 Å². The van der Waals surface area contributed by atoms with Crippen molar-refractivity contribution in [1.82, 2.24) is 0 Å². The van der Waals surface area contributed by atoms with Crippen LogP contribution < -0.4 is 4.90 Å². The summed E-state index contributed by atoms with van der Waals surface area (Å²) < 4.78 is 27.2. The molecule has 1 amide bonds. The van der Waals surface area contributed by atoms with E-state index in [1.54, 1.807) is 12.1 Å². The molecule has 0 fully saturated rings. The summed E-state index contributed by atoms with van der Waals surface area (Å²) in [4.78, 5) is 15.0. The number of nitrogens with zero attached hydrogens (tertiary/aromatic N) is 1. The van der Waals surface area contributed by atoms with Crippen molar-refractivity contribution in [2.45, 2.75) is 11.3 Å². The monoisotopic (exact) mass is 339 g/mol. The van der Waals surface area contributed by atoms with Gasteiger partial charge in [-0.3, -0.25) is 4.79 Å². The van der Waals surface area contributed by atoms with E-state index in [0.29, 0.717) is 29.1 Å². The molecule has 0 unspecified atom stereocenters. The Balaban J connectivity index is 2.03. The summed E-state index contributed by atoms with van der Waals surface area (Å²) in [5, 5.41) is 0.327. The first kappa shape index (κ1) is 15.3. The van der Waals surface area contributed by atoms with Crippen molar-refractivity contribution in [3.05, 3.63) is 58.1 Å². The van der Waals surface area contributed by atoms with E-state index < -0.39 is 11.6 Å². The van der Waals surface area contributed by atoms with Gasteiger partial charge in [0.1, 0.15) is 11.6 Å². The summed E-state index contributed by atoms with van der Waals surface area (Å²) in [6.45, 7) is 0.314. The molecule has 22 heavy (non-hydrogen) atoms. The Kier molecular flexibility index (Phi) is 4.10. The maximum atomic E-state index is 13.8. The van der Waals surface area contributed by atoms with Crippen LogP contribution in [0.3, 0.4) is 0 Å². The number of anilines is 1. The first-order chi connectivity index (χ1) is 10.5. The third-order valence-corrected chi connectivity index (χ3v) is 4.72. The highest BCUT2D eigenvalue weighted by Crippen LogP contribution is 2.34. The summed E-state index contributed by atoms with van der Waals surface area (Å²) in [6, 6.07) is 7.21. The van der Waals surface area contributed by atoms with E-state index in [1.165, 1.54) is 22.7 Å². The molecule has 2 aromatic rings. The van der Waals surface area contributed by atoms with Crippen LogP contribution in [-0.2, 0) is 6.42 Å². The maximum Gasteiger partial charge on any atom is 0.259 e. The van der Waals surface area contributed by atoms with Crippen molar-refractivity contribution in [1.29, 1.82) is 0 Å². The van der Waals surface area contributed by atoms with E-state index in [0.717, 1.165) is 11.0 Å². The minimum absolute atomic E-state index is 0.285. The lowest BCUT2D eigenvalue weighted by Crippen LogP contribution is -2.29. The molecular formula is C16H12ClF2NOS. The number of benzene rings is 2. The Morgan fingerprint density at radius 3 is 2.77 bits per heavy atom. The van der Waals surface area contributed by atoms with Crippen molar-refractivity contribution in [3.63, 3.8) is 0 Å². The van der Waals surface area contributed by atoms with Crippen molar-refractivity contribution in [3.8, 4) is 0 Å². The van der Waals surface area contributed by atoms with Gasteiger partial charge in [0.2, 0.25) is 0 Å². The van der Waals surface area contributed by atoms with E-state index in [4.69, 9.17) is 11.6 Å². The molecule has 1 heterocycles. The molecule has 0 bridgehead atoms. The summed E-state index contributed by atoms with van der Waals surface area (Å²) in [5.74, 6) is -1.65. The lowest BCUT2D eigenvalue weighted by atomic mass is 10.1. The summed E-state index contributed by atoms with van der Waals surface area (Å²) in [7, 11) is 0. The van der Waals surface area contributed by atoms with Crippen LogP contribution >= 0.6 is 23.4 Å². The van der Waals surface area contributed by atoms with E-state index >= 15 is 0 Å². The van der Waals surface area contributed by atoms with Crippen LogP contribution in [-0.4, -0.2) is 18.7 Å². The molecule has 2 aromatic carbocycles. The zero-order valence-corrected chi connectivity index (χ0v) is 13.3. The SMILES string of the molecule is CSc1ccc(Cl)c(C(=O)N2CCc3c(F)cc(F)cc32)c1. The molecule has 114 valence electrons. The lowest BCUT2D eigenvalue weighted by Gasteiger charge is -2.18. The average molecular weight is 340 g/mol. The molecule has 0 radical (unpaired) electrons. The van der Waals surface area contributed by atoms with Gasteiger partial charge in [-0.1, -0.05) is 11.6 Å². The van der Waals surface area contributed by atoms with Gasteiger partial charge in [-0.05, 0) is 36.9 Å². The van der Waals surface area contributed by atoms with Gasteiger partial charge < -0.3 is 4.90 Å². The Morgan fingerprint density at radius 1 is 1.27 bits per heavy atom. The van der Waals surface area contributed by atoms with Gasteiger partial charge >= 0.3 is 0 Å². The molecule has 0 spiro atoms. The van der Waals surface area contributed by atoms with Crippen molar-refractivity contribution in [2.24, 2.45) is 0 Å². The number of amides is 1. The van der Waals surface area contributed by atoms with Gasteiger partial charge in [-0.15, -0.1) is 11.8 Å². The second-order valence-electron chi connectivity index (χ2n) is 4.94. The number of hydrogen-bond acceptors (Lipinski definition) is 2. The molecule has 6 heteroatoms. The Labute approximate surface area is 136 Å². The van der Waals surface area contributed by atoms with Crippen LogP contribution in [0.1, 0.15) is 15.9 Å². The van der Waals surface area contributed by atoms with Gasteiger partial charge in [0.15, 0.2) is 0 Å². The Morgan fingerprint density at radius 2 is 2.05 bits per heavy atom. The minimum atomic E-state index is -0.695. The molecule has 0 atom stereocenters. The Hall–Kier alpha value is -1.59. The number of carbonyl (C=O) groups is 1. The topological polar surface area (TPSA) is 20.3 Å². The highest BCUT2D eigenvalue weighted by molar-refractivity contribution is 7.98. The predicted octanol–water partition coefficient (Wildman–Crippen LogP) is 4.54. The molecular weight excluding hydrogens is 328 g/mol. The standard InChI is InChI=1S/C16H12ClF2NOS/c1-22-10-2-3-13(17)12(8-10)16(21)20-5-4-11-14(19)6-9(18)7-15(11)20/h2-3,6-8H,4-5H2,1H3. The second-order valence-corrected chi connectivity index (χ2v) is 6.22. The minimum Gasteiger partial charge on any atom is -0.307 e. The normalized spacial score (nSPS) is 13.4. The van der Waals surface area contributed by atoms with E-state index in [1.807, 2.05) is 12.3 Å². The number of thioether (sulfide) groups is 1. The fourth-order valence-corrected chi connectivity index (χ4v) is 3.21. The number of rotatable bonds is 2. The van der Waals surface area contributed by atoms with Gasteiger partial charge in [-0.25, -0.2) is 8.78 Å².